The molecule has 3 fully saturated rings. The molecule has 3 aliphatic heterocycles. The van der Waals surface area contributed by atoms with Gasteiger partial charge in [0.25, 0.3) is 0 Å². The average Bonchev–Trinajstić information content (AvgIpc) is 2.77. The van der Waals surface area contributed by atoms with Gasteiger partial charge in [0.1, 0.15) is 5.82 Å². The minimum absolute atomic E-state index is 0.136. The average molecular weight is 417 g/mol. The molecule has 3 aromatic rings. The Morgan fingerprint density at radius 1 is 1.03 bits per heavy atom. The van der Waals surface area contributed by atoms with E-state index in [1.165, 1.54) is 29.5 Å². The van der Waals surface area contributed by atoms with Crippen molar-refractivity contribution in [1.29, 1.82) is 0 Å². The Morgan fingerprint density at radius 2 is 1.84 bits per heavy atom. The summed E-state index contributed by atoms with van der Waals surface area (Å²) in [5.74, 6) is 1.89. The molecule has 2 bridgehead atoms. The third-order valence-corrected chi connectivity index (χ3v) is 7.40. The number of pyridine rings is 1. The summed E-state index contributed by atoms with van der Waals surface area (Å²) < 4.78 is 0. The zero-order valence-corrected chi connectivity index (χ0v) is 19.2. The second-order valence-corrected chi connectivity index (χ2v) is 9.35. The Hall–Kier alpha value is -2.73. The van der Waals surface area contributed by atoms with Crippen LogP contribution < -0.4 is 10.2 Å². The van der Waals surface area contributed by atoms with Crippen LogP contribution in [0.1, 0.15) is 48.2 Å². The Bertz CT molecular complexity index is 1130. The van der Waals surface area contributed by atoms with Gasteiger partial charge in [0.15, 0.2) is 5.82 Å². The third kappa shape index (κ3) is 3.53. The van der Waals surface area contributed by atoms with Gasteiger partial charge in [-0.3, -0.25) is 4.90 Å². The Labute approximate surface area is 184 Å². The molecule has 1 aromatic carbocycles. The largest absolute Gasteiger partial charge is 0.362 e. The number of hydrogen-bond acceptors (Lipinski definition) is 6. The molecular formula is C25H32N6. The molecule has 6 nitrogen and oxygen atoms in total. The number of piperidine rings is 2. The van der Waals surface area contributed by atoms with Crippen molar-refractivity contribution in [3.8, 4) is 0 Å². The molecule has 0 spiro atoms. The van der Waals surface area contributed by atoms with E-state index in [2.05, 4.69) is 77.4 Å². The maximum Gasteiger partial charge on any atom is 0.157 e. The highest BCUT2D eigenvalue weighted by molar-refractivity contribution is 5.94. The first-order chi connectivity index (χ1) is 14.9. The number of nitrogens with zero attached hydrogens (tertiary/aromatic N) is 5. The van der Waals surface area contributed by atoms with Crippen molar-refractivity contribution < 1.29 is 0 Å². The van der Waals surface area contributed by atoms with Gasteiger partial charge in [-0.25, -0.2) is 4.98 Å². The summed E-state index contributed by atoms with van der Waals surface area (Å²) in [6.45, 7) is 10.7. The van der Waals surface area contributed by atoms with E-state index >= 15 is 0 Å². The van der Waals surface area contributed by atoms with Crippen LogP contribution in [0.25, 0.3) is 10.8 Å². The molecule has 0 amide bonds. The van der Waals surface area contributed by atoms with Crippen molar-refractivity contribution >= 4 is 22.4 Å². The summed E-state index contributed by atoms with van der Waals surface area (Å²) >= 11 is 0. The van der Waals surface area contributed by atoms with E-state index < -0.39 is 0 Å². The third-order valence-electron chi connectivity index (χ3n) is 7.40. The molecule has 162 valence electrons. The van der Waals surface area contributed by atoms with E-state index in [0.717, 1.165) is 41.2 Å². The first-order valence-corrected chi connectivity index (χ1v) is 11.3. The highest BCUT2D eigenvalue weighted by Gasteiger charge is 2.37. The van der Waals surface area contributed by atoms with E-state index in [-0.39, 0.29) is 6.04 Å². The molecule has 5 heterocycles. The minimum atomic E-state index is 0.136. The summed E-state index contributed by atoms with van der Waals surface area (Å²) in [5, 5.41) is 14.8. The van der Waals surface area contributed by atoms with Crippen molar-refractivity contribution in [1.82, 2.24) is 20.1 Å². The van der Waals surface area contributed by atoms with Crippen LogP contribution in [-0.4, -0.2) is 52.3 Å². The summed E-state index contributed by atoms with van der Waals surface area (Å²) in [6, 6.07) is 10.0. The lowest BCUT2D eigenvalue weighted by Crippen LogP contribution is -2.61. The molecule has 3 atom stereocenters. The number of aryl methyl sites for hydroxylation is 2. The molecule has 0 aliphatic carbocycles. The number of likely N-dealkylation sites (N-methyl/N-ethyl adjacent to an activating group) is 1. The van der Waals surface area contributed by atoms with E-state index in [1.54, 1.807) is 0 Å². The summed E-state index contributed by atoms with van der Waals surface area (Å²) in [6.07, 6.45) is 4.52. The summed E-state index contributed by atoms with van der Waals surface area (Å²) in [4.78, 5) is 9.85. The van der Waals surface area contributed by atoms with E-state index in [4.69, 9.17) is 4.98 Å². The van der Waals surface area contributed by atoms with Gasteiger partial charge in [0.2, 0.25) is 0 Å². The highest BCUT2D eigenvalue weighted by Crippen LogP contribution is 2.34. The molecule has 1 N–H and O–H groups in total. The van der Waals surface area contributed by atoms with Crippen LogP contribution in [0.4, 0.5) is 11.6 Å². The Balaban J connectivity index is 1.51. The van der Waals surface area contributed by atoms with E-state index in [9.17, 15) is 0 Å². The lowest BCUT2D eigenvalue weighted by Gasteiger charge is -2.50. The fraction of sp³-hybridized carbons (Fsp3) is 0.480. The van der Waals surface area contributed by atoms with Gasteiger partial charge in [-0.05, 0) is 70.3 Å². The van der Waals surface area contributed by atoms with Gasteiger partial charge >= 0.3 is 0 Å². The maximum absolute atomic E-state index is 4.85. The molecule has 31 heavy (non-hydrogen) atoms. The predicted molar refractivity (Wildman–Crippen MR) is 127 cm³/mol. The molecule has 0 saturated carbocycles. The smallest absolute Gasteiger partial charge is 0.157 e. The second kappa shape index (κ2) is 7.75. The lowest BCUT2D eigenvalue weighted by molar-refractivity contribution is 0.124. The quantitative estimate of drug-likeness (QED) is 0.680. The van der Waals surface area contributed by atoms with Crippen molar-refractivity contribution in [2.24, 2.45) is 0 Å². The van der Waals surface area contributed by atoms with Crippen LogP contribution in [0.3, 0.4) is 0 Å². The zero-order chi connectivity index (χ0) is 21.7. The molecular weight excluding hydrogens is 384 g/mol. The van der Waals surface area contributed by atoms with Gasteiger partial charge < -0.3 is 10.2 Å². The van der Waals surface area contributed by atoms with Gasteiger partial charge in [-0.2, -0.15) is 5.10 Å². The number of fused-ring (bicyclic) bond motifs is 4. The van der Waals surface area contributed by atoms with Crippen LogP contribution in [0.15, 0.2) is 30.5 Å². The highest BCUT2D eigenvalue weighted by atomic mass is 15.3. The van der Waals surface area contributed by atoms with Crippen molar-refractivity contribution in [2.75, 3.05) is 30.4 Å². The zero-order valence-electron chi connectivity index (χ0n) is 19.2. The molecule has 0 radical (unpaired) electrons. The van der Waals surface area contributed by atoms with Gasteiger partial charge in [-0.1, -0.05) is 18.2 Å². The van der Waals surface area contributed by atoms with Crippen LogP contribution in [-0.2, 0) is 0 Å². The number of anilines is 2. The van der Waals surface area contributed by atoms with E-state index in [1.807, 2.05) is 13.1 Å². The minimum Gasteiger partial charge on any atom is -0.362 e. The molecule has 6 rings (SSSR count). The maximum atomic E-state index is 4.85. The van der Waals surface area contributed by atoms with Crippen molar-refractivity contribution in [2.45, 2.75) is 58.7 Å². The van der Waals surface area contributed by atoms with Crippen molar-refractivity contribution in [3.63, 3.8) is 0 Å². The number of hydrogen-bond donors (Lipinski definition) is 1. The number of rotatable bonds is 4. The van der Waals surface area contributed by atoms with Crippen LogP contribution in [0, 0.1) is 20.8 Å². The van der Waals surface area contributed by atoms with Crippen LogP contribution >= 0.6 is 0 Å². The van der Waals surface area contributed by atoms with Gasteiger partial charge in [0.05, 0.1) is 11.7 Å². The summed E-state index contributed by atoms with van der Waals surface area (Å²) in [5.41, 5.74) is 4.84. The molecule has 6 heteroatoms. The standard InChI is InChI=1S/C25H32N6/c1-15-7-6-8-21(16(15)2)17(3)27-25-22-11-24(26-12-23(22)18(4)28-29-25)31-14-19-9-10-20(31)13-30(19)5/h6-8,11-12,17,19-20H,9-10,13-14H2,1-5H3,(H,27,29)/t17-,19-,20-/m1/s1. The molecule has 3 aliphatic rings. The van der Waals surface area contributed by atoms with Crippen LogP contribution in [0.2, 0.25) is 0 Å². The number of aromatic nitrogens is 3. The van der Waals surface area contributed by atoms with E-state index in [0.29, 0.717) is 12.1 Å². The number of benzene rings is 1. The topological polar surface area (TPSA) is 57.2 Å². The number of piperazine rings is 1. The SMILES string of the molecule is Cc1cccc([C@@H](C)Nc2nnc(C)c3cnc(N4C[C@H]5CC[C@@H]4CN5C)cc23)c1C. The first-order valence-electron chi connectivity index (χ1n) is 11.3. The molecule has 3 saturated heterocycles. The lowest BCUT2D eigenvalue weighted by atomic mass is 9.91. The van der Waals surface area contributed by atoms with Crippen LogP contribution in [0.5, 0.6) is 0 Å². The second-order valence-electron chi connectivity index (χ2n) is 9.35. The normalized spacial score (nSPS) is 22.2. The van der Waals surface area contributed by atoms with Crippen molar-refractivity contribution in [3.05, 3.63) is 52.8 Å². The monoisotopic (exact) mass is 416 g/mol. The van der Waals surface area contributed by atoms with Gasteiger partial charge in [0, 0.05) is 42.1 Å². The fourth-order valence-electron chi connectivity index (χ4n) is 5.27. The first kappa shape index (κ1) is 20.2. The Morgan fingerprint density at radius 3 is 2.58 bits per heavy atom. The predicted octanol–water partition coefficient (Wildman–Crippen LogP) is 4.41. The summed E-state index contributed by atoms with van der Waals surface area (Å²) in [7, 11) is 2.25. The molecule has 2 aromatic heterocycles. The fourth-order valence-corrected chi connectivity index (χ4v) is 5.27. The molecule has 0 unspecified atom stereocenters. The number of nitrogens with one attached hydrogen (secondary N) is 1. The van der Waals surface area contributed by atoms with Gasteiger partial charge in [-0.15, -0.1) is 5.10 Å². The Kier molecular flexibility index (Phi) is 5.05.